The van der Waals surface area contributed by atoms with Crippen molar-refractivity contribution in [3.8, 4) is 5.75 Å². The first-order valence-electron chi connectivity index (χ1n) is 13.5. The average molecular weight is 713 g/mol. The number of nitrogens with one attached hydrogen (secondary N) is 2. The van der Waals surface area contributed by atoms with Crippen LogP contribution in [0.3, 0.4) is 0 Å². The van der Waals surface area contributed by atoms with Crippen LogP contribution in [0.1, 0.15) is 18.5 Å². The van der Waals surface area contributed by atoms with Crippen LogP contribution in [-0.2, 0) is 33.6 Å². The summed E-state index contributed by atoms with van der Waals surface area (Å²) in [5.41, 5.74) is -0.736. The number of hydrogen-bond donors (Lipinski definition) is 3. The molecule has 0 radical (unpaired) electrons. The second-order valence-electron chi connectivity index (χ2n) is 9.93. The van der Waals surface area contributed by atoms with Crippen LogP contribution in [0.4, 0.5) is 0 Å². The molecule has 1 aromatic heterocycles. The standard InChI is InChI=1S/C26H26N8O9S3.Na/c1-2-31-6-7-32(21(40)20(31)39)33(13-36)17(14-4-3-5-16(37)8-14)19(38)29-26(27-11-35)23(43)34-18(22(41)42)15(9-44-24(26)34)10-45-25-30-28-12-46-25;/h3-5,8,11-13,17,24,37H,2,6-7,9-10H2,1H3,(H,27,35)(H,29,38)(H,41,42);/q;+1/p-1/t17?,24-,26+;/m0./s1. The first-order chi connectivity index (χ1) is 22.1. The Bertz CT molecular complexity index is 1630. The number of amides is 6. The van der Waals surface area contributed by atoms with Crippen LogP contribution >= 0.6 is 34.9 Å². The van der Waals surface area contributed by atoms with E-state index in [9.17, 15) is 43.8 Å². The third-order valence-electron chi connectivity index (χ3n) is 7.42. The molecule has 3 atom stereocenters. The van der Waals surface area contributed by atoms with Crippen LogP contribution in [0.2, 0.25) is 0 Å². The zero-order valence-electron chi connectivity index (χ0n) is 24.9. The molecule has 3 aliphatic rings. The van der Waals surface area contributed by atoms with Gasteiger partial charge >= 0.3 is 41.4 Å². The molecule has 242 valence electrons. The Balaban J connectivity index is 0.00000500. The van der Waals surface area contributed by atoms with Crippen molar-refractivity contribution in [1.82, 2.24) is 40.6 Å². The molecule has 2 fully saturated rings. The summed E-state index contributed by atoms with van der Waals surface area (Å²) in [6, 6.07) is 3.47. The number of carbonyl (C=O) groups excluding carboxylic acids is 7. The smallest absolute Gasteiger partial charge is 0.543 e. The van der Waals surface area contributed by atoms with Gasteiger partial charge in [0.25, 0.3) is 11.8 Å². The number of phenolic OH excluding ortho intramolecular Hbond substituents is 1. The van der Waals surface area contributed by atoms with Crippen molar-refractivity contribution < 1.29 is 73.3 Å². The van der Waals surface area contributed by atoms with E-state index in [1.165, 1.54) is 51.7 Å². The molecule has 2 saturated heterocycles. The van der Waals surface area contributed by atoms with Crippen molar-refractivity contribution in [1.29, 1.82) is 0 Å². The number of carbonyl (C=O) groups is 7. The van der Waals surface area contributed by atoms with Gasteiger partial charge in [-0.25, -0.2) is 10.0 Å². The van der Waals surface area contributed by atoms with Crippen LogP contribution in [0.5, 0.6) is 5.75 Å². The van der Waals surface area contributed by atoms with Crippen LogP contribution in [0.15, 0.2) is 45.4 Å². The molecular weight excluding hydrogens is 688 g/mol. The van der Waals surface area contributed by atoms with Crippen LogP contribution in [0, 0.1) is 0 Å². The summed E-state index contributed by atoms with van der Waals surface area (Å²) in [6.07, 6.45) is 0.316. The Kier molecular flexibility index (Phi) is 11.6. The number of phenols is 1. The van der Waals surface area contributed by atoms with Gasteiger partial charge in [0.15, 0.2) is 10.4 Å². The maximum Gasteiger partial charge on any atom is 1.00 e. The first-order valence-corrected chi connectivity index (χ1v) is 16.4. The van der Waals surface area contributed by atoms with E-state index in [-0.39, 0.29) is 84.8 Å². The third kappa shape index (κ3) is 6.70. The van der Waals surface area contributed by atoms with Gasteiger partial charge in [0.1, 0.15) is 16.6 Å². The molecule has 6 amide bonds. The zero-order valence-corrected chi connectivity index (χ0v) is 29.3. The largest absolute Gasteiger partial charge is 1.00 e. The molecule has 3 N–H and O–H groups in total. The number of carboxylic acids is 1. The van der Waals surface area contributed by atoms with Crippen molar-refractivity contribution in [2.75, 3.05) is 31.1 Å². The fourth-order valence-corrected chi connectivity index (χ4v) is 8.35. The summed E-state index contributed by atoms with van der Waals surface area (Å²) in [6.45, 7) is 1.81. The Labute approximate surface area is 301 Å². The third-order valence-corrected chi connectivity index (χ3v) is 10.8. The van der Waals surface area contributed by atoms with Crippen molar-refractivity contribution in [2.24, 2.45) is 0 Å². The Hall–Kier alpha value is -3.69. The summed E-state index contributed by atoms with van der Waals surface area (Å²) in [7, 11) is 0. The maximum absolute atomic E-state index is 14.1. The summed E-state index contributed by atoms with van der Waals surface area (Å²) < 4.78 is 0.575. The van der Waals surface area contributed by atoms with Gasteiger partial charge in [-0.05, 0) is 30.2 Å². The number of β-lactam (4-membered cyclic amide) rings is 1. The van der Waals surface area contributed by atoms with Crippen molar-refractivity contribution in [2.45, 2.75) is 28.3 Å². The summed E-state index contributed by atoms with van der Waals surface area (Å²) in [5, 5.41) is 35.2. The predicted octanol–water partition coefficient (Wildman–Crippen LogP) is -5.38. The molecule has 1 unspecified atom stereocenters. The number of aliphatic carboxylic acids is 1. The number of hydrogen-bond acceptors (Lipinski definition) is 14. The minimum Gasteiger partial charge on any atom is -0.543 e. The maximum atomic E-state index is 14.1. The number of carboxylic acid groups (broad SMARTS) is 1. The molecule has 47 heavy (non-hydrogen) atoms. The van der Waals surface area contributed by atoms with Crippen molar-refractivity contribution >= 4 is 77.3 Å². The Morgan fingerprint density at radius 2 is 2.02 bits per heavy atom. The topological polar surface area (TPSA) is 226 Å². The quantitative estimate of drug-likeness (QED) is 0.0441. The van der Waals surface area contributed by atoms with Gasteiger partial charge in [-0.3, -0.25) is 33.7 Å². The number of fused-ring (bicyclic) bond motifs is 1. The normalized spacial score (nSPS) is 21.3. The average Bonchev–Trinajstić information content (AvgIpc) is 3.57. The monoisotopic (exact) mass is 712 g/mol. The van der Waals surface area contributed by atoms with Gasteiger partial charge < -0.3 is 30.5 Å². The van der Waals surface area contributed by atoms with E-state index in [0.717, 1.165) is 27.7 Å². The fraction of sp³-hybridized carbons (Fsp3) is 0.346. The van der Waals surface area contributed by atoms with Gasteiger partial charge in [-0.1, -0.05) is 35.2 Å². The van der Waals surface area contributed by atoms with E-state index in [4.69, 9.17) is 0 Å². The predicted molar refractivity (Wildman–Crippen MR) is 159 cm³/mol. The Morgan fingerprint density at radius 1 is 1.26 bits per heavy atom. The molecule has 17 nitrogen and oxygen atoms in total. The van der Waals surface area contributed by atoms with Crippen LogP contribution < -0.4 is 45.3 Å². The molecule has 0 spiro atoms. The fourth-order valence-electron chi connectivity index (χ4n) is 5.30. The van der Waals surface area contributed by atoms with E-state index in [1.54, 1.807) is 6.92 Å². The number of hydrazine groups is 1. The zero-order chi connectivity index (χ0) is 33.2. The molecule has 0 aliphatic carbocycles. The molecule has 3 aliphatic heterocycles. The van der Waals surface area contributed by atoms with E-state index in [1.807, 2.05) is 0 Å². The van der Waals surface area contributed by atoms with E-state index >= 15 is 0 Å². The number of rotatable bonds is 13. The van der Waals surface area contributed by atoms with E-state index < -0.39 is 52.4 Å². The van der Waals surface area contributed by atoms with Gasteiger partial charge in [0, 0.05) is 24.6 Å². The number of likely N-dealkylation sites (N-methyl/N-ethyl adjacent to an activating group) is 1. The minimum absolute atomic E-state index is 0. The van der Waals surface area contributed by atoms with E-state index in [2.05, 4.69) is 20.8 Å². The number of nitrogens with zero attached hydrogens (tertiary/aromatic N) is 6. The minimum atomic E-state index is -2.17. The summed E-state index contributed by atoms with van der Waals surface area (Å²) in [5.74, 6) is -5.79. The summed E-state index contributed by atoms with van der Waals surface area (Å²) >= 11 is 3.53. The van der Waals surface area contributed by atoms with Crippen LogP contribution in [-0.4, -0.2) is 120 Å². The number of piperazine rings is 1. The Morgan fingerprint density at radius 3 is 2.64 bits per heavy atom. The molecule has 0 saturated carbocycles. The molecule has 21 heteroatoms. The van der Waals surface area contributed by atoms with Gasteiger partial charge in [0.2, 0.25) is 18.5 Å². The SMILES string of the molecule is CCN1CCN(N(C=O)C(C(=O)N[C@]2(NC=O)C(=O)N3C(C(=O)[O-])=C(CSc4nncs4)CS[C@H]32)c2cccc(O)c2)C(=O)C1=O.[Na+]. The van der Waals surface area contributed by atoms with Gasteiger partial charge in [-0.2, -0.15) is 0 Å². The molecule has 2 aromatic rings. The second-order valence-corrected chi connectivity index (χ2v) is 13.1. The molecular formula is C26H25N8NaO9S3. The van der Waals surface area contributed by atoms with Crippen molar-refractivity contribution in [3.63, 3.8) is 0 Å². The van der Waals surface area contributed by atoms with Gasteiger partial charge in [0.05, 0.1) is 18.2 Å². The number of benzene rings is 1. The van der Waals surface area contributed by atoms with Gasteiger partial charge in [-0.15, -0.1) is 22.0 Å². The number of thioether (sulfide) groups is 2. The molecule has 4 heterocycles. The number of aromatic nitrogens is 2. The molecule has 5 rings (SSSR count). The summed E-state index contributed by atoms with van der Waals surface area (Å²) in [4.78, 5) is 92.3. The second kappa shape index (κ2) is 15.0. The first kappa shape index (κ1) is 36.2. The molecule has 1 aromatic carbocycles. The molecule has 0 bridgehead atoms. The number of aromatic hydroxyl groups is 1. The van der Waals surface area contributed by atoms with Crippen molar-refractivity contribution in [3.05, 3.63) is 46.6 Å². The van der Waals surface area contributed by atoms with Crippen LogP contribution in [0.25, 0.3) is 0 Å². The van der Waals surface area contributed by atoms with E-state index in [0.29, 0.717) is 14.9 Å².